The molecule has 0 bridgehead atoms. The molecule has 2 fully saturated rings. The molecule has 8 heteroatoms. The number of likely N-dealkylation sites (tertiary alicyclic amines) is 1. The topological polar surface area (TPSA) is 82.1 Å². The van der Waals surface area contributed by atoms with E-state index in [1.165, 1.54) is 17.0 Å². The molecule has 7 nitrogen and oxygen atoms in total. The number of aliphatic hydroxyl groups is 1. The minimum Gasteiger partial charge on any atom is -0.487 e. The van der Waals surface area contributed by atoms with Crippen LogP contribution in [0.2, 0.25) is 0 Å². The highest BCUT2D eigenvalue weighted by molar-refractivity contribution is 6.08. The summed E-state index contributed by atoms with van der Waals surface area (Å²) >= 11 is 0. The minimum absolute atomic E-state index is 0.198. The third kappa shape index (κ3) is 6.33. The molecular formula is C30H46FN3O4. The lowest BCUT2D eigenvalue weighted by atomic mass is 9.72. The molecule has 0 aromatic heterocycles. The molecule has 2 saturated heterocycles. The Morgan fingerprint density at radius 3 is 2.32 bits per heavy atom. The van der Waals surface area contributed by atoms with Crippen molar-refractivity contribution in [2.75, 3.05) is 26.2 Å². The number of halogens is 1. The lowest BCUT2D eigenvalue weighted by Gasteiger charge is -2.46. The van der Waals surface area contributed by atoms with Gasteiger partial charge in [0.2, 0.25) is 0 Å². The maximum atomic E-state index is 14.5. The zero-order valence-corrected chi connectivity index (χ0v) is 23.3. The molecule has 4 rings (SSSR count). The van der Waals surface area contributed by atoms with Crippen LogP contribution in [-0.4, -0.2) is 64.7 Å². The second-order valence-corrected chi connectivity index (χ2v) is 11.6. The lowest BCUT2D eigenvalue weighted by molar-refractivity contribution is -0.136. The summed E-state index contributed by atoms with van der Waals surface area (Å²) in [6, 6.07) is 3.96. The van der Waals surface area contributed by atoms with Gasteiger partial charge in [0.1, 0.15) is 17.2 Å². The summed E-state index contributed by atoms with van der Waals surface area (Å²) in [6.07, 6.45) is 11.2. The van der Waals surface area contributed by atoms with Crippen molar-refractivity contribution in [2.45, 2.75) is 115 Å². The van der Waals surface area contributed by atoms with Crippen molar-refractivity contribution in [3.05, 3.63) is 29.6 Å². The minimum atomic E-state index is -1.30. The molecule has 1 atom stereocenters. The summed E-state index contributed by atoms with van der Waals surface area (Å²) < 4.78 is 21.1. The highest BCUT2D eigenvalue weighted by Crippen LogP contribution is 2.50. The number of benzene rings is 1. The van der Waals surface area contributed by atoms with Gasteiger partial charge < -0.3 is 20.1 Å². The number of urea groups is 1. The quantitative estimate of drug-likeness (QED) is 0.260. The Bertz CT molecular complexity index is 955. The Morgan fingerprint density at radius 1 is 1.00 bits per heavy atom. The summed E-state index contributed by atoms with van der Waals surface area (Å²) in [6.45, 7) is 7.33. The summed E-state index contributed by atoms with van der Waals surface area (Å²) in [5.74, 6) is -0.217. The number of unbranched alkanes of at least 4 members (excludes halogenated alkanes) is 5. The number of fused-ring (bicyclic) bond motifs is 2. The number of carbonyl (C=O) groups excluding carboxylic acids is 2. The summed E-state index contributed by atoms with van der Waals surface area (Å²) in [4.78, 5) is 31.0. The third-order valence-electron chi connectivity index (χ3n) is 8.63. The number of piperidine rings is 1. The molecule has 3 aliphatic heterocycles. The Kier molecular flexibility index (Phi) is 9.69. The molecule has 3 aliphatic rings. The molecule has 0 aliphatic carbocycles. The first-order valence-electron chi connectivity index (χ1n) is 14.9. The molecule has 38 heavy (non-hydrogen) atoms. The largest absolute Gasteiger partial charge is 0.487 e. The maximum absolute atomic E-state index is 14.5. The first-order chi connectivity index (χ1) is 18.3. The average molecular weight is 532 g/mol. The molecule has 1 aromatic rings. The average Bonchev–Trinajstić information content (AvgIpc) is 3.12. The van der Waals surface area contributed by atoms with Gasteiger partial charge in [-0.25, -0.2) is 9.18 Å². The van der Waals surface area contributed by atoms with Gasteiger partial charge in [0, 0.05) is 31.6 Å². The molecule has 0 saturated carbocycles. The van der Waals surface area contributed by atoms with E-state index in [4.69, 9.17) is 4.74 Å². The molecule has 0 radical (unpaired) electrons. The van der Waals surface area contributed by atoms with Gasteiger partial charge in [-0.05, 0) is 76.1 Å². The molecule has 3 amide bonds. The number of hydrogen-bond acceptors (Lipinski definition) is 5. The van der Waals surface area contributed by atoms with Crippen molar-refractivity contribution in [1.29, 1.82) is 0 Å². The molecule has 212 valence electrons. The first-order valence-corrected chi connectivity index (χ1v) is 14.9. The predicted octanol–water partition coefficient (Wildman–Crippen LogP) is 5.49. The van der Waals surface area contributed by atoms with Crippen LogP contribution in [0.4, 0.5) is 9.18 Å². The fraction of sp³-hybridized carbons (Fsp3) is 0.733. The van der Waals surface area contributed by atoms with Crippen molar-refractivity contribution in [3.63, 3.8) is 0 Å². The van der Waals surface area contributed by atoms with Crippen LogP contribution in [0, 0.1) is 5.82 Å². The van der Waals surface area contributed by atoms with Crippen LogP contribution < -0.4 is 10.1 Å². The Morgan fingerprint density at radius 2 is 1.66 bits per heavy atom. The van der Waals surface area contributed by atoms with E-state index in [2.05, 4.69) is 24.1 Å². The van der Waals surface area contributed by atoms with Gasteiger partial charge in [-0.3, -0.25) is 9.69 Å². The molecule has 1 aromatic carbocycles. The number of aliphatic hydroxyl groups excluding tert-OH is 1. The van der Waals surface area contributed by atoms with Gasteiger partial charge in [-0.15, -0.1) is 0 Å². The monoisotopic (exact) mass is 531 g/mol. The highest BCUT2D eigenvalue weighted by Gasteiger charge is 2.60. The number of rotatable bonds is 13. The van der Waals surface area contributed by atoms with Crippen molar-refractivity contribution in [1.82, 2.24) is 15.1 Å². The van der Waals surface area contributed by atoms with E-state index in [0.717, 1.165) is 90.3 Å². The standard InChI is InChI=1S/C30H46FN3O4/c1-3-5-7-15-29(16-8-6-4-2)22-30(25-21-23(31)11-12-26(25)38-29)27(36)34(28(37)32-30)18-10-9-17-33-19-13-24(35)14-20-33/h11-12,21,24,35H,3-10,13-20,22H2,1-2H3,(H,32,37). The lowest BCUT2D eigenvalue weighted by Crippen LogP contribution is -2.56. The third-order valence-corrected chi connectivity index (χ3v) is 8.63. The zero-order chi connectivity index (χ0) is 27.2. The Balaban J connectivity index is 1.52. The Labute approximate surface area is 227 Å². The van der Waals surface area contributed by atoms with Gasteiger partial charge in [0.15, 0.2) is 5.54 Å². The SMILES string of the molecule is CCCCCC1(CCCCC)CC2(NC(=O)N(CCCCN3CCC(O)CC3)C2=O)c2cc(F)ccc2O1. The van der Waals surface area contributed by atoms with E-state index in [0.29, 0.717) is 30.7 Å². The van der Waals surface area contributed by atoms with Gasteiger partial charge in [0.25, 0.3) is 5.91 Å². The number of imide groups is 1. The van der Waals surface area contributed by atoms with Crippen molar-refractivity contribution < 1.29 is 23.8 Å². The van der Waals surface area contributed by atoms with E-state index in [1.54, 1.807) is 6.07 Å². The smallest absolute Gasteiger partial charge is 0.325 e. The zero-order valence-electron chi connectivity index (χ0n) is 23.3. The van der Waals surface area contributed by atoms with Crippen LogP contribution in [0.25, 0.3) is 0 Å². The van der Waals surface area contributed by atoms with Crippen LogP contribution in [0.5, 0.6) is 5.75 Å². The fourth-order valence-corrected chi connectivity index (χ4v) is 6.45. The van der Waals surface area contributed by atoms with Crippen LogP contribution >= 0.6 is 0 Å². The van der Waals surface area contributed by atoms with Gasteiger partial charge >= 0.3 is 6.03 Å². The predicted molar refractivity (Wildman–Crippen MR) is 145 cm³/mol. The van der Waals surface area contributed by atoms with Gasteiger partial charge in [-0.1, -0.05) is 39.5 Å². The number of carbonyl (C=O) groups is 2. The molecule has 1 spiro atoms. The van der Waals surface area contributed by atoms with Gasteiger partial charge in [-0.2, -0.15) is 0 Å². The van der Waals surface area contributed by atoms with E-state index in [-0.39, 0.29) is 12.0 Å². The van der Waals surface area contributed by atoms with Crippen LogP contribution in [0.3, 0.4) is 0 Å². The number of nitrogens with zero attached hydrogens (tertiary/aromatic N) is 2. The summed E-state index contributed by atoms with van der Waals surface area (Å²) in [5, 5.41) is 12.8. The molecule has 1 unspecified atom stereocenters. The number of amides is 3. The number of ether oxygens (including phenoxy) is 1. The van der Waals surface area contributed by atoms with E-state index in [9.17, 15) is 19.1 Å². The molecule has 2 N–H and O–H groups in total. The second-order valence-electron chi connectivity index (χ2n) is 11.6. The molecule has 3 heterocycles. The van der Waals surface area contributed by atoms with Crippen LogP contribution in [-0.2, 0) is 10.3 Å². The normalized spacial score (nSPS) is 23.5. The molecular weight excluding hydrogens is 485 g/mol. The summed E-state index contributed by atoms with van der Waals surface area (Å²) in [7, 11) is 0. The fourth-order valence-electron chi connectivity index (χ4n) is 6.45. The second kappa shape index (κ2) is 12.8. The van der Waals surface area contributed by atoms with Gasteiger partial charge in [0.05, 0.1) is 6.10 Å². The Hall–Kier alpha value is -2.19. The van der Waals surface area contributed by atoms with Crippen LogP contribution in [0.15, 0.2) is 18.2 Å². The number of nitrogens with one attached hydrogen (secondary N) is 1. The van der Waals surface area contributed by atoms with Crippen molar-refractivity contribution in [2.24, 2.45) is 0 Å². The maximum Gasteiger partial charge on any atom is 0.325 e. The number of hydrogen-bond donors (Lipinski definition) is 2. The first kappa shape index (κ1) is 28.8. The van der Waals surface area contributed by atoms with Crippen molar-refractivity contribution >= 4 is 11.9 Å². The van der Waals surface area contributed by atoms with E-state index >= 15 is 0 Å². The summed E-state index contributed by atoms with van der Waals surface area (Å²) in [5.41, 5.74) is -1.44. The van der Waals surface area contributed by atoms with Crippen LogP contribution in [0.1, 0.15) is 103 Å². The highest BCUT2D eigenvalue weighted by atomic mass is 19.1. The van der Waals surface area contributed by atoms with Crippen molar-refractivity contribution in [3.8, 4) is 5.75 Å². The van der Waals surface area contributed by atoms with E-state index < -0.39 is 23.0 Å². The van der Waals surface area contributed by atoms with E-state index in [1.807, 2.05) is 0 Å².